The number of nitrogens with zero attached hydrogens (tertiary/aromatic N) is 5. The van der Waals surface area contributed by atoms with Crippen LogP contribution in [0.1, 0.15) is 12.8 Å². The number of rotatable bonds is 4. The summed E-state index contributed by atoms with van der Waals surface area (Å²) in [5.74, 6) is 0. The third-order valence-corrected chi connectivity index (χ3v) is 5.67. The Kier molecular flexibility index (Phi) is 4.65. The summed E-state index contributed by atoms with van der Waals surface area (Å²) in [4.78, 5) is 15.7. The Hall–Kier alpha value is -3.32. The number of hydrogen-bond acceptors (Lipinski definition) is 6. The Labute approximate surface area is 169 Å². The van der Waals surface area contributed by atoms with Crippen molar-refractivity contribution in [3.05, 3.63) is 55.2 Å². The standard InChI is InChI=1S/C22H23N7/c1-23-17-4-7-29(8-5-17)18-9-16(12-25-13-18)22-19-10-20(15-3-2-6-24-11-15)26-14-21(19)27-28-22/h2-3,6,9-14,17,23H,4-5,7-8H2,1H3,(H,27,28). The normalized spacial score (nSPS) is 15.1. The van der Waals surface area contributed by atoms with Gasteiger partial charge in [-0.15, -0.1) is 0 Å². The van der Waals surface area contributed by atoms with Gasteiger partial charge in [-0.3, -0.25) is 20.1 Å². The van der Waals surface area contributed by atoms with Crippen molar-refractivity contribution in [2.75, 3.05) is 25.0 Å². The number of piperidine rings is 1. The number of aromatic nitrogens is 5. The van der Waals surface area contributed by atoms with Crippen molar-refractivity contribution in [2.45, 2.75) is 18.9 Å². The first-order valence-corrected chi connectivity index (χ1v) is 9.94. The summed E-state index contributed by atoms with van der Waals surface area (Å²) in [6.07, 6.45) is 11.5. The largest absolute Gasteiger partial charge is 0.370 e. The van der Waals surface area contributed by atoms with Crippen LogP contribution >= 0.6 is 0 Å². The predicted octanol–water partition coefficient (Wildman–Crippen LogP) is 3.27. The van der Waals surface area contributed by atoms with E-state index >= 15 is 0 Å². The second kappa shape index (κ2) is 7.60. The summed E-state index contributed by atoms with van der Waals surface area (Å²) < 4.78 is 0. The van der Waals surface area contributed by atoms with Gasteiger partial charge in [0.2, 0.25) is 0 Å². The summed E-state index contributed by atoms with van der Waals surface area (Å²) in [5, 5.41) is 12.1. The number of fused-ring (bicyclic) bond motifs is 1. The fourth-order valence-corrected chi connectivity index (χ4v) is 3.97. The minimum atomic E-state index is 0.607. The fraction of sp³-hybridized carbons (Fsp3) is 0.273. The van der Waals surface area contributed by atoms with Crippen molar-refractivity contribution in [2.24, 2.45) is 0 Å². The van der Waals surface area contributed by atoms with Crippen LogP contribution in [-0.2, 0) is 0 Å². The highest BCUT2D eigenvalue weighted by molar-refractivity contribution is 5.94. The van der Waals surface area contributed by atoms with Gasteiger partial charge >= 0.3 is 0 Å². The Morgan fingerprint density at radius 3 is 2.69 bits per heavy atom. The van der Waals surface area contributed by atoms with Crippen molar-refractivity contribution in [3.8, 4) is 22.5 Å². The van der Waals surface area contributed by atoms with Crippen molar-refractivity contribution in [3.63, 3.8) is 0 Å². The molecule has 1 saturated heterocycles. The molecule has 0 aliphatic carbocycles. The number of H-pyrrole nitrogens is 1. The quantitative estimate of drug-likeness (QED) is 0.561. The van der Waals surface area contributed by atoms with Gasteiger partial charge < -0.3 is 10.2 Å². The van der Waals surface area contributed by atoms with Crippen molar-refractivity contribution < 1.29 is 0 Å². The molecule has 2 N–H and O–H groups in total. The lowest BCUT2D eigenvalue weighted by molar-refractivity contribution is 0.442. The number of pyridine rings is 3. The first-order valence-electron chi connectivity index (χ1n) is 9.94. The average molecular weight is 385 g/mol. The molecule has 1 aliphatic rings. The van der Waals surface area contributed by atoms with Gasteiger partial charge in [-0.2, -0.15) is 5.10 Å². The molecule has 4 aromatic heterocycles. The number of nitrogens with one attached hydrogen (secondary N) is 2. The maximum atomic E-state index is 4.56. The minimum absolute atomic E-state index is 0.607. The van der Waals surface area contributed by atoms with E-state index in [1.54, 1.807) is 6.20 Å². The molecule has 0 radical (unpaired) electrons. The zero-order valence-electron chi connectivity index (χ0n) is 16.3. The molecule has 5 rings (SSSR count). The van der Waals surface area contributed by atoms with E-state index in [2.05, 4.69) is 47.5 Å². The molecule has 0 amide bonds. The van der Waals surface area contributed by atoms with Crippen LogP contribution in [0.2, 0.25) is 0 Å². The molecule has 0 unspecified atom stereocenters. The van der Waals surface area contributed by atoms with Gasteiger partial charge in [0.15, 0.2) is 0 Å². The smallest absolute Gasteiger partial charge is 0.102 e. The van der Waals surface area contributed by atoms with E-state index in [1.807, 2.05) is 44.0 Å². The van der Waals surface area contributed by atoms with E-state index in [1.165, 1.54) is 0 Å². The summed E-state index contributed by atoms with van der Waals surface area (Å²) in [5.41, 5.74) is 5.83. The van der Waals surface area contributed by atoms with Crippen molar-refractivity contribution in [1.29, 1.82) is 0 Å². The Balaban J connectivity index is 1.49. The molecule has 4 aromatic rings. The van der Waals surface area contributed by atoms with E-state index in [0.29, 0.717) is 6.04 Å². The molecule has 0 saturated carbocycles. The molecule has 1 aliphatic heterocycles. The maximum Gasteiger partial charge on any atom is 0.102 e. The summed E-state index contributed by atoms with van der Waals surface area (Å²) in [6, 6.07) is 8.79. The van der Waals surface area contributed by atoms with Crippen LogP contribution in [-0.4, -0.2) is 51.3 Å². The third-order valence-electron chi connectivity index (χ3n) is 5.67. The highest BCUT2D eigenvalue weighted by atomic mass is 15.2. The third kappa shape index (κ3) is 3.45. The first kappa shape index (κ1) is 17.8. The summed E-state index contributed by atoms with van der Waals surface area (Å²) in [7, 11) is 2.04. The SMILES string of the molecule is CNC1CCN(c2cncc(-c3n[nH]c4cnc(-c5cccnc5)cc34)c2)CC1. The predicted molar refractivity (Wildman–Crippen MR) is 115 cm³/mol. The van der Waals surface area contributed by atoms with Gasteiger partial charge in [-0.25, -0.2) is 0 Å². The molecular formula is C22H23N7. The maximum absolute atomic E-state index is 4.56. The molecule has 7 nitrogen and oxygen atoms in total. The highest BCUT2D eigenvalue weighted by Crippen LogP contribution is 2.31. The molecule has 7 heteroatoms. The lowest BCUT2D eigenvalue weighted by Crippen LogP contribution is -2.41. The van der Waals surface area contributed by atoms with Gasteiger partial charge in [0.25, 0.3) is 0 Å². The van der Waals surface area contributed by atoms with Crippen LogP contribution in [0.3, 0.4) is 0 Å². The van der Waals surface area contributed by atoms with Crippen LogP contribution in [0, 0.1) is 0 Å². The number of hydrogen-bond donors (Lipinski definition) is 2. The van der Waals surface area contributed by atoms with Crippen molar-refractivity contribution in [1.82, 2.24) is 30.5 Å². The van der Waals surface area contributed by atoms with Gasteiger partial charge in [0.05, 0.1) is 29.3 Å². The summed E-state index contributed by atoms with van der Waals surface area (Å²) in [6.45, 7) is 2.07. The molecule has 146 valence electrons. The van der Waals surface area contributed by atoms with Gasteiger partial charge in [0.1, 0.15) is 5.69 Å². The first-order chi connectivity index (χ1) is 14.3. The second-order valence-corrected chi connectivity index (χ2v) is 7.41. The lowest BCUT2D eigenvalue weighted by Gasteiger charge is -2.33. The zero-order chi connectivity index (χ0) is 19.6. The van der Waals surface area contributed by atoms with Gasteiger partial charge in [0, 0.05) is 54.2 Å². The lowest BCUT2D eigenvalue weighted by atomic mass is 10.0. The zero-order valence-corrected chi connectivity index (χ0v) is 16.3. The summed E-state index contributed by atoms with van der Waals surface area (Å²) >= 11 is 0. The van der Waals surface area contributed by atoms with Crippen molar-refractivity contribution >= 4 is 16.6 Å². The molecule has 0 aromatic carbocycles. The molecule has 0 spiro atoms. The molecule has 1 fully saturated rings. The monoisotopic (exact) mass is 385 g/mol. The van der Waals surface area contributed by atoms with Crippen LogP contribution in [0.15, 0.2) is 55.2 Å². The van der Waals surface area contributed by atoms with Crippen LogP contribution in [0.4, 0.5) is 5.69 Å². The van der Waals surface area contributed by atoms with E-state index in [4.69, 9.17) is 0 Å². The molecule has 0 atom stereocenters. The topological polar surface area (TPSA) is 82.6 Å². The van der Waals surface area contributed by atoms with Crippen LogP contribution in [0.5, 0.6) is 0 Å². The van der Waals surface area contributed by atoms with Gasteiger partial charge in [-0.05, 0) is 44.2 Å². The van der Waals surface area contributed by atoms with E-state index in [-0.39, 0.29) is 0 Å². The van der Waals surface area contributed by atoms with E-state index in [0.717, 1.165) is 65.0 Å². The Morgan fingerprint density at radius 2 is 1.90 bits per heavy atom. The van der Waals surface area contributed by atoms with Crippen LogP contribution < -0.4 is 10.2 Å². The number of anilines is 1. The van der Waals surface area contributed by atoms with Gasteiger partial charge in [-0.1, -0.05) is 0 Å². The average Bonchev–Trinajstić information content (AvgIpc) is 3.23. The minimum Gasteiger partial charge on any atom is -0.370 e. The molecular weight excluding hydrogens is 362 g/mol. The van der Waals surface area contributed by atoms with E-state index < -0.39 is 0 Å². The van der Waals surface area contributed by atoms with Crippen LogP contribution in [0.25, 0.3) is 33.4 Å². The second-order valence-electron chi connectivity index (χ2n) is 7.41. The number of aromatic amines is 1. The molecule has 5 heterocycles. The van der Waals surface area contributed by atoms with E-state index in [9.17, 15) is 0 Å². The Morgan fingerprint density at radius 1 is 1.03 bits per heavy atom. The fourth-order valence-electron chi connectivity index (χ4n) is 3.97. The Bertz CT molecular complexity index is 1110. The molecule has 29 heavy (non-hydrogen) atoms. The molecule has 0 bridgehead atoms. The highest BCUT2D eigenvalue weighted by Gasteiger charge is 2.19.